The number of ether oxygens (including phenoxy) is 1. The zero-order valence-corrected chi connectivity index (χ0v) is 12.6. The van der Waals surface area contributed by atoms with Crippen LogP contribution >= 0.6 is 0 Å². The lowest BCUT2D eigenvalue weighted by molar-refractivity contribution is 0.166. The van der Waals surface area contributed by atoms with Gasteiger partial charge in [0.15, 0.2) is 17.0 Å². The third-order valence-corrected chi connectivity index (χ3v) is 4.24. The van der Waals surface area contributed by atoms with Gasteiger partial charge in [-0.2, -0.15) is 9.97 Å². The molecule has 2 aromatic heterocycles. The molecule has 0 spiro atoms. The van der Waals surface area contributed by atoms with Crippen LogP contribution < -0.4 is 11.1 Å². The molecule has 116 valence electrons. The number of hydrogen-bond donors (Lipinski definition) is 2. The highest BCUT2D eigenvalue weighted by atomic mass is 16.5. The van der Waals surface area contributed by atoms with Crippen molar-refractivity contribution in [2.45, 2.75) is 31.3 Å². The van der Waals surface area contributed by atoms with E-state index >= 15 is 0 Å². The predicted molar refractivity (Wildman–Crippen MR) is 84.5 cm³/mol. The fraction of sp³-hybridized carbons (Fsp3) is 0.533. The Kier molecular flexibility index (Phi) is 3.22. The zero-order valence-electron chi connectivity index (χ0n) is 12.6. The average molecular weight is 300 g/mol. The van der Waals surface area contributed by atoms with E-state index in [1.165, 1.54) is 12.8 Å². The smallest absolute Gasteiger partial charge is 0.224 e. The molecule has 2 atom stereocenters. The van der Waals surface area contributed by atoms with Crippen LogP contribution in [-0.2, 0) is 4.74 Å². The monoisotopic (exact) mass is 300 g/mol. The van der Waals surface area contributed by atoms with Gasteiger partial charge in [0.2, 0.25) is 5.95 Å². The summed E-state index contributed by atoms with van der Waals surface area (Å²) in [5.41, 5.74) is 7.47. The van der Waals surface area contributed by atoms with Gasteiger partial charge >= 0.3 is 0 Å². The molecule has 1 fully saturated rings. The van der Waals surface area contributed by atoms with E-state index in [0.29, 0.717) is 12.0 Å². The largest absolute Gasteiger partial charge is 0.384 e. The van der Waals surface area contributed by atoms with Crippen LogP contribution in [0.25, 0.3) is 11.2 Å². The van der Waals surface area contributed by atoms with Gasteiger partial charge in [0.1, 0.15) is 0 Å². The molecule has 4 rings (SSSR count). The molecule has 0 bridgehead atoms. The van der Waals surface area contributed by atoms with E-state index in [1.54, 1.807) is 7.11 Å². The van der Waals surface area contributed by atoms with E-state index in [-0.39, 0.29) is 12.0 Å². The van der Waals surface area contributed by atoms with E-state index in [1.807, 2.05) is 6.33 Å². The standard InChI is InChI=1S/C15H20N6O/c1-22-7-9-2-5-11(6-9)21-8-17-12-13(18-10-3-4-10)19-15(16)20-14(12)21/h2,5,8-11H,3-4,6-7H2,1H3,(H3,16,18,19,20)/t9-,11?/m1/s1. The summed E-state index contributed by atoms with van der Waals surface area (Å²) in [6.07, 6.45) is 9.58. The fourth-order valence-electron chi connectivity index (χ4n) is 2.99. The summed E-state index contributed by atoms with van der Waals surface area (Å²) in [5, 5.41) is 3.39. The van der Waals surface area contributed by atoms with Crippen molar-refractivity contribution in [3.8, 4) is 0 Å². The molecule has 7 nitrogen and oxygen atoms in total. The number of imidazole rings is 1. The third kappa shape index (κ3) is 2.41. The second-order valence-corrected chi connectivity index (χ2v) is 6.08. The lowest BCUT2D eigenvalue weighted by Gasteiger charge is -2.14. The summed E-state index contributed by atoms with van der Waals surface area (Å²) in [6.45, 7) is 0.741. The summed E-state index contributed by atoms with van der Waals surface area (Å²) < 4.78 is 7.32. The van der Waals surface area contributed by atoms with Crippen LogP contribution in [0.15, 0.2) is 18.5 Å². The maximum atomic E-state index is 5.88. The van der Waals surface area contributed by atoms with E-state index in [0.717, 1.165) is 30.0 Å². The van der Waals surface area contributed by atoms with Crippen LogP contribution in [0.3, 0.4) is 0 Å². The molecular formula is C15H20N6O. The van der Waals surface area contributed by atoms with Crippen molar-refractivity contribution in [1.29, 1.82) is 0 Å². The average Bonchev–Trinajstić information content (AvgIpc) is 3.02. The van der Waals surface area contributed by atoms with E-state index < -0.39 is 0 Å². The second-order valence-electron chi connectivity index (χ2n) is 6.08. The first kappa shape index (κ1) is 13.5. The van der Waals surface area contributed by atoms with Crippen LogP contribution in [0.2, 0.25) is 0 Å². The van der Waals surface area contributed by atoms with Crippen molar-refractivity contribution in [2.75, 3.05) is 24.8 Å². The SMILES string of the molecule is COC[C@@H]1C=CC(n2cnc3c(NC4CC4)nc(N)nc32)C1. The minimum atomic E-state index is 0.244. The molecule has 0 saturated heterocycles. The topological polar surface area (TPSA) is 90.9 Å². The fourth-order valence-corrected chi connectivity index (χ4v) is 2.99. The highest BCUT2D eigenvalue weighted by Crippen LogP contribution is 2.33. The predicted octanol–water partition coefficient (Wildman–Crippen LogP) is 1.75. The lowest BCUT2D eigenvalue weighted by atomic mass is 10.1. The van der Waals surface area contributed by atoms with Gasteiger partial charge in [-0.25, -0.2) is 4.98 Å². The number of anilines is 2. The van der Waals surface area contributed by atoms with Gasteiger partial charge in [-0.1, -0.05) is 12.2 Å². The molecule has 0 aromatic carbocycles. The first-order valence-corrected chi connectivity index (χ1v) is 7.68. The molecule has 2 heterocycles. The van der Waals surface area contributed by atoms with Crippen molar-refractivity contribution in [3.63, 3.8) is 0 Å². The number of rotatable bonds is 5. The summed E-state index contributed by atoms with van der Waals surface area (Å²) in [7, 11) is 1.73. The van der Waals surface area contributed by atoms with E-state index in [2.05, 4.69) is 37.0 Å². The van der Waals surface area contributed by atoms with Crippen molar-refractivity contribution in [3.05, 3.63) is 18.5 Å². The Bertz CT molecular complexity index is 720. The summed E-state index contributed by atoms with van der Waals surface area (Å²) in [4.78, 5) is 13.2. The molecular weight excluding hydrogens is 280 g/mol. The van der Waals surface area contributed by atoms with Crippen LogP contribution in [0.4, 0.5) is 11.8 Å². The molecule has 0 aliphatic heterocycles. The number of nitrogens with two attached hydrogens (primary N) is 1. The highest BCUT2D eigenvalue weighted by molar-refractivity contribution is 5.84. The van der Waals surface area contributed by atoms with E-state index in [4.69, 9.17) is 10.5 Å². The van der Waals surface area contributed by atoms with Gasteiger partial charge < -0.3 is 20.4 Å². The van der Waals surface area contributed by atoms with Gasteiger partial charge in [0, 0.05) is 19.1 Å². The summed E-state index contributed by atoms with van der Waals surface area (Å²) in [6, 6.07) is 0.744. The Morgan fingerprint density at radius 2 is 2.23 bits per heavy atom. The summed E-state index contributed by atoms with van der Waals surface area (Å²) in [5.74, 6) is 1.47. The zero-order chi connectivity index (χ0) is 15.1. The third-order valence-electron chi connectivity index (χ3n) is 4.24. The van der Waals surface area contributed by atoms with Crippen LogP contribution in [0.1, 0.15) is 25.3 Å². The van der Waals surface area contributed by atoms with Crippen molar-refractivity contribution < 1.29 is 4.74 Å². The lowest BCUT2D eigenvalue weighted by Crippen LogP contribution is -2.10. The molecule has 1 saturated carbocycles. The number of nitrogens with one attached hydrogen (secondary N) is 1. The van der Waals surface area contributed by atoms with Gasteiger partial charge in [0.25, 0.3) is 0 Å². The van der Waals surface area contributed by atoms with Gasteiger partial charge in [-0.05, 0) is 19.3 Å². The Labute approximate surface area is 128 Å². The molecule has 2 aliphatic rings. The molecule has 22 heavy (non-hydrogen) atoms. The minimum absolute atomic E-state index is 0.244. The molecule has 1 unspecified atom stereocenters. The second kappa shape index (κ2) is 5.24. The highest BCUT2D eigenvalue weighted by Gasteiger charge is 2.26. The first-order chi connectivity index (χ1) is 10.7. The Balaban J connectivity index is 1.67. The van der Waals surface area contributed by atoms with Gasteiger partial charge in [0.05, 0.1) is 19.0 Å². The van der Waals surface area contributed by atoms with Crippen LogP contribution in [0.5, 0.6) is 0 Å². The Morgan fingerprint density at radius 1 is 1.36 bits per heavy atom. The molecule has 2 aliphatic carbocycles. The maximum Gasteiger partial charge on any atom is 0.224 e. The number of nitrogens with zero attached hydrogens (tertiary/aromatic N) is 4. The quantitative estimate of drug-likeness (QED) is 0.817. The first-order valence-electron chi connectivity index (χ1n) is 7.68. The number of aromatic nitrogens is 4. The van der Waals surface area contributed by atoms with Crippen LogP contribution in [0, 0.1) is 5.92 Å². The maximum absolute atomic E-state index is 5.88. The molecule has 0 amide bonds. The number of fused-ring (bicyclic) bond motifs is 1. The molecule has 7 heteroatoms. The summed E-state index contributed by atoms with van der Waals surface area (Å²) >= 11 is 0. The Morgan fingerprint density at radius 3 is 3.00 bits per heavy atom. The minimum Gasteiger partial charge on any atom is -0.384 e. The van der Waals surface area contributed by atoms with Gasteiger partial charge in [-0.3, -0.25) is 0 Å². The number of hydrogen-bond acceptors (Lipinski definition) is 6. The van der Waals surface area contributed by atoms with Crippen LogP contribution in [-0.4, -0.2) is 39.3 Å². The van der Waals surface area contributed by atoms with Gasteiger partial charge in [-0.15, -0.1) is 0 Å². The van der Waals surface area contributed by atoms with Crippen molar-refractivity contribution >= 4 is 22.9 Å². The number of nitrogen functional groups attached to an aromatic ring is 1. The molecule has 0 radical (unpaired) electrons. The Hall–Kier alpha value is -2.15. The van der Waals surface area contributed by atoms with E-state index in [9.17, 15) is 0 Å². The number of methoxy groups -OCH3 is 1. The normalized spacial score (nSPS) is 24.2. The molecule has 3 N–H and O–H groups in total. The number of allylic oxidation sites excluding steroid dienone is 1. The van der Waals surface area contributed by atoms with Crippen molar-refractivity contribution in [1.82, 2.24) is 19.5 Å². The molecule has 2 aromatic rings. The van der Waals surface area contributed by atoms with Crippen molar-refractivity contribution in [2.24, 2.45) is 5.92 Å².